The number of aromatic nitrogens is 1. The van der Waals surface area contributed by atoms with Crippen LogP contribution in [-0.4, -0.2) is 10.1 Å². The van der Waals surface area contributed by atoms with Crippen molar-refractivity contribution in [3.05, 3.63) is 41.3 Å². The SMILES string of the molecule is C/C=C(\C(O)=C/C)c1nc(N)ccc1C(F)(F)F.CC. The second kappa shape index (κ2) is 7.57. The molecule has 0 amide bonds. The number of nitrogens with zero attached hydrogens (tertiary/aromatic N) is 1. The second-order valence-electron chi connectivity index (χ2n) is 3.51. The molecule has 1 rings (SSSR count). The van der Waals surface area contributed by atoms with E-state index in [1.54, 1.807) is 0 Å². The van der Waals surface area contributed by atoms with Gasteiger partial charge in [-0.15, -0.1) is 0 Å². The van der Waals surface area contributed by atoms with Gasteiger partial charge in [0, 0.05) is 5.57 Å². The van der Waals surface area contributed by atoms with Crippen molar-refractivity contribution in [2.24, 2.45) is 0 Å². The number of nitrogen functional groups attached to an aromatic ring is 1. The van der Waals surface area contributed by atoms with Gasteiger partial charge < -0.3 is 10.8 Å². The summed E-state index contributed by atoms with van der Waals surface area (Å²) in [7, 11) is 0. The molecule has 1 aromatic rings. The first-order valence-corrected chi connectivity index (χ1v) is 6.17. The Balaban J connectivity index is 0.00000172. The Morgan fingerprint density at radius 2 is 1.75 bits per heavy atom. The van der Waals surface area contributed by atoms with Gasteiger partial charge >= 0.3 is 6.18 Å². The Morgan fingerprint density at radius 1 is 1.20 bits per heavy atom. The molecule has 0 spiro atoms. The normalized spacial score (nSPS) is 12.8. The number of nitrogens with two attached hydrogens (primary N) is 1. The highest BCUT2D eigenvalue weighted by atomic mass is 19.4. The van der Waals surface area contributed by atoms with Gasteiger partial charge in [0.25, 0.3) is 0 Å². The number of alkyl halides is 3. The van der Waals surface area contributed by atoms with Crippen LogP contribution >= 0.6 is 0 Å². The number of pyridine rings is 1. The number of hydrogen-bond donors (Lipinski definition) is 2. The first-order valence-electron chi connectivity index (χ1n) is 6.17. The Bertz CT molecular complexity index is 506. The van der Waals surface area contributed by atoms with E-state index >= 15 is 0 Å². The predicted octanol–water partition coefficient (Wildman–Crippen LogP) is 4.57. The van der Waals surface area contributed by atoms with E-state index in [-0.39, 0.29) is 22.8 Å². The van der Waals surface area contributed by atoms with Crippen LogP contribution in [0.1, 0.15) is 39.0 Å². The van der Waals surface area contributed by atoms with Gasteiger partial charge in [0.05, 0.1) is 11.3 Å². The minimum absolute atomic E-state index is 0.00266. The minimum Gasteiger partial charge on any atom is -0.508 e. The van der Waals surface area contributed by atoms with E-state index in [2.05, 4.69) is 4.98 Å². The average molecular weight is 288 g/mol. The highest BCUT2D eigenvalue weighted by Gasteiger charge is 2.35. The summed E-state index contributed by atoms with van der Waals surface area (Å²) in [6, 6.07) is 1.93. The van der Waals surface area contributed by atoms with Crippen LogP contribution in [-0.2, 0) is 6.18 Å². The molecule has 3 nitrogen and oxygen atoms in total. The third kappa shape index (κ3) is 4.29. The van der Waals surface area contributed by atoms with Crippen molar-refractivity contribution >= 4 is 11.4 Å². The minimum atomic E-state index is -4.56. The lowest BCUT2D eigenvalue weighted by atomic mass is 10.0. The van der Waals surface area contributed by atoms with Crippen LogP contribution in [0.2, 0.25) is 0 Å². The third-order valence-electron chi connectivity index (χ3n) is 2.32. The predicted molar refractivity (Wildman–Crippen MR) is 75.0 cm³/mol. The maximum absolute atomic E-state index is 12.8. The molecule has 0 aliphatic rings. The highest BCUT2D eigenvalue weighted by Crippen LogP contribution is 2.36. The number of aliphatic hydroxyl groups is 1. The number of allylic oxidation sites excluding steroid dienone is 3. The molecule has 0 saturated heterocycles. The van der Waals surface area contributed by atoms with Gasteiger partial charge in [-0.3, -0.25) is 0 Å². The van der Waals surface area contributed by atoms with Crippen molar-refractivity contribution in [1.29, 1.82) is 0 Å². The summed E-state index contributed by atoms with van der Waals surface area (Å²) in [5.41, 5.74) is 4.09. The lowest BCUT2D eigenvalue weighted by molar-refractivity contribution is -0.138. The van der Waals surface area contributed by atoms with Crippen LogP contribution in [0.15, 0.2) is 30.0 Å². The van der Waals surface area contributed by atoms with Crippen molar-refractivity contribution in [3.8, 4) is 0 Å². The van der Waals surface area contributed by atoms with Crippen LogP contribution < -0.4 is 5.73 Å². The molecule has 0 saturated carbocycles. The van der Waals surface area contributed by atoms with Crippen LogP contribution in [0.5, 0.6) is 0 Å². The van der Waals surface area contributed by atoms with Gasteiger partial charge in [-0.2, -0.15) is 13.2 Å². The molecule has 0 radical (unpaired) electrons. The lowest BCUT2D eigenvalue weighted by Crippen LogP contribution is -2.12. The van der Waals surface area contributed by atoms with Crippen molar-refractivity contribution in [2.45, 2.75) is 33.9 Å². The van der Waals surface area contributed by atoms with Gasteiger partial charge in [-0.05, 0) is 32.1 Å². The molecule has 0 atom stereocenters. The third-order valence-corrected chi connectivity index (χ3v) is 2.32. The number of hydrogen-bond acceptors (Lipinski definition) is 3. The molecular weight excluding hydrogens is 269 g/mol. The smallest absolute Gasteiger partial charge is 0.418 e. The van der Waals surface area contributed by atoms with Crippen molar-refractivity contribution < 1.29 is 18.3 Å². The highest BCUT2D eigenvalue weighted by molar-refractivity contribution is 5.77. The second-order valence-corrected chi connectivity index (χ2v) is 3.51. The molecule has 1 heterocycles. The van der Waals surface area contributed by atoms with Gasteiger partial charge in [-0.1, -0.05) is 19.9 Å². The maximum atomic E-state index is 12.8. The lowest BCUT2D eigenvalue weighted by Gasteiger charge is -2.14. The van der Waals surface area contributed by atoms with E-state index < -0.39 is 11.7 Å². The summed E-state index contributed by atoms with van der Waals surface area (Å²) in [5, 5.41) is 9.60. The molecule has 0 bridgehead atoms. The molecule has 1 aromatic heterocycles. The van der Waals surface area contributed by atoms with Gasteiger partial charge in [0.2, 0.25) is 0 Å². The number of aliphatic hydroxyl groups excluding tert-OH is 1. The van der Waals surface area contributed by atoms with Gasteiger partial charge in [0.15, 0.2) is 0 Å². The largest absolute Gasteiger partial charge is 0.508 e. The van der Waals surface area contributed by atoms with Crippen LogP contribution in [0, 0.1) is 0 Å². The Kier molecular flexibility index (Phi) is 6.82. The Morgan fingerprint density at radius 3 is 2.15 bits per heavy atom. The molecule has 0 unspecified atom stereocenters. The zero-order valence-electron chi connectivity index (χ0n) is 11.9. The fraction of sp³-hybridized carbons (Fsp3) is 0.357. The van der Waals surface area contributed by atoms with Crippen LogP contribution in [0.3, 0.4) is 0 Å². The van der Waals surface area contributed by atoms with Crippen molar-refractivity contribution in [1.82, 2.24) is 4.98 Å². The Hall–Kier alpha value is -1.98. The van der Waals surface area contributed by atoms with E-state index in [9.17, 15) is 18.3 Å². The zero-order valence-corrected chi connectivity index (χ0v) is 11.9. The fourth-order valence-corrected chi connectivity index (χ4v) is 1.47. The molecule has 0 fully saturated rings. The molecule has 112 valence electrons. The summed E-state index contributed by atoms with van der Waals surface area (Å²) in [6.45, 7) is 7.03. The molecule has 20 heavy (non-hydrogen) atoms. The van der Waals surface area contributed by atoms with Gasteiger partial charge in [0.1, 0.15) is 11.6 Å². The summed E-state index contributed by atoms with van der Waals surface area (Å²) in [6.07, 6.45) is -1.91. The van der Waals surface area contributed by atoms with E-state index in [0.717, 1.165) is 12.1 Å². The topological polar surface area (TPSA) is 59.1 Å². The fourth-order valence-electron chi connectivity index (χ4n) is 1.47. The molecule has 0 aliphatic carbocycles. The van der Waals surface area contributed by atoms with E-state index in [1.807, 2.05) is 13.8 Å². The van der Waals surface area contributed by atoms with Crippen LogP contribution in [0.4, 0.5) is 19.0 Å². The summed E-state index contributed by atoms with van der Waals surface area (Å²) in [4.78, 5) is 3.67. The van der Waals surface area contributed by atoms with Crippen LogP contribution in [0.25, 0.3) is 5.57 Å². The summed E-state index contributed by atoms with van der Waals surface area (Å²) in [5.74, 6) is -0.317. The van der Waals surface area contributed by atoms with E-state index in [0.29, 0.717) is 0 Å². The van der Waals surface area contributed by atoms with Gasteiger partial charge in [-0.25, -0.2) is 4.98 Å². The van der Waals surface area contributed by atoms with Crippen molar-refractivity contribution in [3.63, 3.8) is 0 Å². The number of rotatable bonds is 2. The molecule has 3 N–H and O–H groups in total. The molecule has 0 aliphatic heterocycles. The van der Waals surface area contributed by atoms with E-state index in [1.165, 1.54) is 26.0 Å². The molecule has 6 heteroatoms. The first-order chi connectivity index (χ1) is 9.31. The number of anilines is 1. The quantitative estimate of drug-likeness (QED) is 0.619. The van der Waals surface area contributed by atoms with E-state index in [4.69, 9.17) is 5.73 Å². The average Bonchev–Trinajstić information content (AvgIpc) is 2.40. The summed E-state index contributed by atoms with van der Waals surface area (Å²) >= 11 is 0. The maximum Gasteiger partial charge on any atom is 0.418 e. The monoisotopic (exact) mass is 288 g/mol. The molecule has 0 aromatic carbocycles. The first kappa shape index (κ1) is 18.0. The summed E-state index contributed by atoms with van der Waals surface area (Å²) < 4.78 is 38.5. The molecular formula is C14H19F3N2O. The number of halogens is 3. The van der Waals surface area contributed by atoms with Crippen molar-refractivity contribution in [2.75, 3.05) is 5.73 Å². The standard InChI is InChI=1S/C12H13F3N2O.C2H6/c1-3-7(9(18)4-2)11-8(12(13,14)15)5-6-10(16)17-11;1-2/h3-6,18H,1-2H3,(H2,16,17);1-2H3/b7-3+,9-4+;. The Labute approximate surface area is 116 Å². The zero-order chi connectivity index (χ0) is 15.9.